The van der Waals surface area contributed by atoms with Crippen LogP contribution < -0.4 is 5.32 Å². The summed E-state index contributed by atoms with van der Waals surface area (Å²) < 4.78 is 2.35. The standard InChI is InChI=1S/C11H16N4/c1-2-15-10(6-12-1)13-14-11(15)9-4-7-3-8(7)5-9/h7-9,12H,1-6H2. The number of aromatic nitrogens is 3. The van der Waals surface area contributed by atoms with Crippen molar-refractivity contribution in [3.8, 4) is 0 Å². The van der Waals surface area contributed by atoms with E-state index in [9.17, 15) is 0 Å². The van der Waals surface area contributed by atoms with Crippen molar-refractivity contribution in [2.24, 2.45) is 11.8 Å². The maximum Gasteiger partial charge on any atom is 0.147 e. The normalized spacial score (nSPS) is 37.5. The first-order valence-corrected chi connectivity index (χ1v) is 6.04. The second-order valence-electron chi connectivity index (χ2n) is 5.23. The van der Waals surface area contributed by atoms with E-state index in [1.54, 1.807) is 0 Å². The topological polar surface area (TPSA) is 42.7 Å². The summed E-state index contributed by atoms with van der Waals surface area (Å²) in [5.74, 6) is 5.19. The summed E-state index contributed by atoms with van der Waals surface area (Å²) in [6, 6.07) is 0. The van der Waals surface area contributed by atoms with Crippen molar-refractivity contribution in [3.63, 3.8) is 0 Å². The Morgan fingerprint density at radius 3 is 2.87 bits per heavy atom. The lowest BCUT2D eigenvalue weighted by atomic mass is 10.0. The summed E-state index contributed by atoms with van der Waals surface area (Å²) in [6.07, 6.45) is 4.23. The zero-order valence-corrected chi connectivity index (χ0v) is 8.82. The predicted molar refractivity (Wildman–Crippen MR) is 55.3 cm³/mol. The highest BCUT2D eigenvalue weighted by Crippen LogP contribution is 2.57. The van der Waals surface area contributed by atoms with Gasteiger partial charge in [0.1, 0.15) is 11.6 Å². The van der Waals surface area contributed by atoms with Crippen LogP contribution in [-0.4, -0.2) is 21.3 Å². The van der Waals surface area contributed by atoms with Crippen molar-refractivity contribution in [1.82, 2.24) is 20.1 Å². The minimum atomic E-state index is 0.716. The first-order chi connectivity index (χ1) is 7.42. The van der Waals surface area contributed by atoms with E-state index in [0.29, 0.717) is 5.92 Å². The average molecular weight is 204 g/mol. The third kappa shape index (κ3) is 1.17. The summed E-state index contributed by atoms with van der Waals surface area (Å²) in [5, 5.41) is 12.0. The SMILES string of the molecule is C1Cn2c(nnc2C2CC3CC3C2)CN1. The maximum absolute atomic E-state index is 4.41. The largest absolute Gasteiger partial charge is 0.312 e. The van der Waals surface area contributed by atoms with Gasteiger partial charge in [-0.15, -0.1) is 10.2 Å². The summed E-state index contributed by atoms with van der Waals surface area (Å²) in [6.45, 7) is 3.02. The summed E-state index contributed by atoms with van der Waals surface area (Å²) in [5.41, 5.74) is 0. The first-order valence-electron chi connectivity index (χ1n) is 6.04. The number of hydrogen-bond acceptors (Lipinski definition) is 3. The van der Waals surface area contributed by atoms with Gasteiger partial charge in [0.05, 0.1) is 6.54 Å². The van der Waals surface area contributed by atoms with Crippen LogP contribution in [0, 0.1) is 11.8 Å². The fraction of sp³-hybridized carbons (Fsp3) is 0.818. The van der Waals surface area contributed by atoms with Gasteiger partial charge in [-0.25, -0.2) is 0 Å². The molecule has 15 heavy (non-hydrogen) atoms. The number of nitrogens with one attached hydrogen (secondary N) is 1. The van der Waals surface area contributed by atoms with E-state index in [1.165, 1.54) is 25.1 Å². The van der Waals surface area contributed by atoms with Gasteiger partial charge in [0.25, 0.3) is 0 Å². The lowest BCUT2D eigenvalue weighted by molar-refractivity contribution is 0.469. The van der Waals surface area contributed by atoms with Gasteiger partial charge in [0.15, 0.2) is 0 Å². The molecule has 2 saturated carbocycles. The van der Waals surface area contributed by atoms with Gasteiger partial charge in [-0.3, -0.25) is 0 Å². The summed E-state index contributed by atoms with van der Waals surface area (Å²) in [7, 11) is 0. The van der Waals surface area contributed by atoms with Crippen molar-refractivity contribution >= 4 is 0 Å². The third-order valence-corrected chi connectivity index (χ3v) is 4.26. The molecule has 1 aromatic rings. The highest BCUT2D eigenvalue weighted by Gasteiger charge is 2.47. The minimum Gasteiger partial charge on any atom is -0.312 e. The molecular formula is C11H16N4. The zero-order chi connectivity index (χ0) is 9.83. The zero-order valence-electron chi connectivity index (χ0n) is 8.82. The predicted octanol–water partition coefficient (Wildman–Crippen LogP) is 0.895. The number of nitrogens with zero attached hydrogens (tertiary/aromatic N) is 3. The molecule has 1 N–H and O–H groups in total. The molecular weight excluding hydrogens is 188 g/mol. The fourth-order valence-electron chi connectivity index (χ4n) is 3.34. The third-order valence-electron chi connectivity index (χ3n) is 4.26. The van der Waals surface area contributed by atoms with Crippen molar-refractivity contribution < 1.29 is 0 Å². The Labute approximate surface area is 89.1 Å². The maximum atomic E-state index is 4.41. The molecule has 0 saturated heterocycles. The smallest absolute Gasteiger partial charge is 0.147 e. The van der Waals surface area contributed by atoms with Crippen LogP contribution in [0.15, 0.2) is 0 Å². The molecule has 2 aliphatic carbocycles. The van der Waals surface area contributed by atoms with Gasteiger partial charge >= 0.3 is 0 Å². The molecule has 0 spiro atoms. The molecule has 2 fully saturated rings. The molecule has 0 amide bonds. The summed E-state index contributed by atoms with van der Waals surface area (Å²) >= 11 is 0. The quantitative estimate of drug-likeness (QED) is 0.739. The Kier molecular flexibility index (Phi) is 1.55. The van der Waals surface area contributed by atoms with Gasteiger partial charge in [-0.05, 0) is 31.1 Å². The molecule has 4 nitrogen and oxygen atoms in total. The van der Waals surface area contributed by atoms with E-state index in [0.717, 1.165) is 37.3 Å². The van der Waals surface area contributed by atoms with E-state index >= 15 is 0 Å². The van der Waals surface area contributed by atoms with Gasteiger partial charge < -0.3 is 9.88 Å². The Morgan fingerprint density at radius 2 is 2.00 bits per heavy atom. The van der Waals surface area contributed by atoms with Crippen molar-refractivity contribution in [2.75, 3.05) is 6.54 Å². The number of rotatable bonds is 1. The van der Waals surface area contributed by atoms with Crippen LogP contribution in [0.25, 0.3) is 0 Å². The molecule has 2 unspecified atom stereocenters. The lowest BCUT2D eigenvalue weighted by Gasteiger charge is -2.19. The molecule has 4 rings (SSSR count). The number of hydrogen-bond donors (Lipinski definition) is 1. The second kappa shape index (κ2) is 2.82. The Bertz CT molecular complexity index is 387. The Balaban J connectivity index is 1.67. The molecule has 4 heteroatoms. The highest BCUT2D eigenvalue weighted by molar-refractivity contribution is 5.11. The molecule has 2 atom stereocenters. The fourth-order valence-corrected chi connectivity index (χ4v) is 3.34. The van der Waals surface area contributed by atoms with Gasteiger partial charge in [-0.1, -0.05) is 0 Å². The van der Waals surface area contributed by atoms with Crippen molar-refractivity contribution in [1.29, 1.82) is 0 Å². The highest BCUT2D eigenvalue weighted by atomic mass is 15.3. The van der Waals surface area contributed by atoms with Gasteiger partial charge in [0.2, 0.25) is 0 Å². The molecule has 0 bridgehead atoms. The van der Waals surface area contributed by atoms with Gasteiger partial charge in [0, 0.05) is 19.0 Å². The molecule has 3 aliphatic rings. The van der Waals surface area contributed by atoms with Crippen molar-refractivity contribution in [3.05, 3.63) is 11.6 Å². The van der Waals surface area contributed by atoms with E-state index in [1.807, 2.05) is 0 Å². The first kappa shape index (κ1) is 8.28. The average Bonchev–Trinajstić information content (AvgIpc) is 2.76. The van der Waals surface area contributed by atoms with E-state index in [4.69, 9.17) is 0 Å². The van der Waals surface area contributed by atoms with E-state index in [-0.39, 0.29) is 0 Å². The number of fused-ring (bicyclic) bond motifs is 2. The summed E-state index contributed by atoms with van der Waals surface area (Å²) in [4.78, 5) is 0. The van der Waals surface area contributed by atoms with Crippen LogP contribution in [0.5, 0.6) is 0 Å². The van der Waals surface area contributed by atoms with Crippen LogP contribution >= 0.6 is 0 Å². The van der Waals surface area contributed by atoms with Crippen LogP contribution in [0.1, 0.15) is 36.8 Å². The van der Waals surface area contributed by atoms with E-state index < -0.39 is 0 Å². The van der Waals surface area contributed by atoms with Crippen LogP contribution in [-0.2, 0) is 13.1 Å². The second-order valence-corrected chi connectivity index (χ2v) is 5.23. The van der Waals surface area contributed by atoms with Crippen LogP contribution in [0.4, 0.5) is 0 Å². The van der Waals surface area contributed by atoms with Crippen LogP contribution in [0.3, 0.4) is 0 Å². The monoisotopic (exact) mass is 204 g/mol. The Morgan fingerprint density at radius 1 is 1.13 bits per heavy atom. The lowest BCUT2D eigenvalue weighted by Crippen LogP contribution is -2.29. The molecule has 2 heterocycles. The van der Waals surface area contributed by atoms with Gasteiger partial charge in [-0.2, -0.15) is 0 Å². The van der Waals surface area contributed by atoms with Crippen molar-refractivity contribution in [2.45, 2.75) is 38.3 Å². The molecule has 0 radical (unpaired) electrons. The van der Waals surface area contributed by atoms with Crippen LogP contribution in [0.2, 0.25) is 0 Å². The molecule has 80 valence electrons. The molecule has 0 aromatic carbocycles. The van der Waals surface area contributed by atoms with E-state index in [2.05, 4.69) is 20.1 Å². The molecule has 1 aliphatic heterocycles. The minimum absolute atomic E-state index is 0.716. The Hall–Kier alpha value is -0.900. The molecule has 1 aromatic heterocycles.